The summed E-state index contributed by atoms with van der Waals surface area (Å²) in [5.41, 5.74) is 2.24. The molecule has 0 heterocycles. The van der Waals surface area contributed by atoms with Crippen LogP contribution in [0, 0.1) is 0 Å². The molecular formula is C16H16NO. The lowest BCUT2D eigenvalue weighted by molar-refractivity contribution is 0.307. The lowest BCUT2D eigenvalue weighted by Gasteiger charge is -2.24. The van der Waals surface area contributed by atoms with Gasteiger partial charge in [0.25, 0.3) is 0 Å². The maximum absolute atomic E-state index is 11.1. The highest BCUT2D eigenvalue weighted by atomic mass is 16.1. The average Bonchev–Trinajstić information content (AvgIpc) is 2.46. The van der Waals surface area contributed by atoms with Crippen LogP contribution in [0.2, 0.25) is 0 Å². The molecule has 0 fully saturated rings. The molecule has 2 heteroatoms. The summed E-state index contributed by atoms with van der Waals surface area (Å²) in [5.74, 6) is 0. The van der Waals surface area contributed by atoms with Crippen LogP contribution in [0.3, 0.4) is 0 Å². The van der Waals surface area contributed by atoms with Gasteiger partial charge in [-0.25, -0.2) is 0 Å². The average molecular weight is 238 g/mol. The van der Waals surface area contributed by atoms with Crippen molar-refractivity contribution in [2.75, 3.05) is 0 Å². The lowest BCUT2D eigenvalue weighted by atomic mass is 10.1. The molecule has 0 aliphatic carbocycles. The smallest absolute Gasteiger partial charge is 0.312 e. The molecule has 1 radical (unpaired) electrons. The third kappa shape index (κ3) is 2.98. The Morgan fingerprint density at radius 3 is 2.11 bits per heavy atom. The van der Waals surface area contributed by atoms with Gasteiger partial charge in [-0.05, 0) is 18.1 Å². The van der Waals surface area contributed by atoms with Gasteiger partial charge in [-0.1, -0.05) is 60.7 Å². The second-order valence-corrected chi connectivity index (χ2v) is 4.29. The van der Waals surface area contributed by atoms with Crippen molar-refractivity contribution in [1.82, 2.24) is 4.90 Å². The highest BCUT2D eigenvalue weighted by Crippen LogP contribution is 2.20. The van der Waals surface area contributed by atoms with Crippen LogP contribution in [-0.2, 0) is 11.3 Å². The molecule has 2 nitrogen and oxygen atoms in total. The van der Waals surface area contributed by atoms with Crippen LogP contribution >= 0.6 is 0 Å². The Kier molecular flexibility index (Phi) is 4.13. The van der Waals surface area contributed by atoms with Crippen LogP contribution in [0.5, 0.6) is 0 Å². The van der Waals surface area contributed by atoms with Crippen molar-refractivity contribution in [1.29, 1.82) is 0 Å². The highest BCUT2D eigenvalue weighted by Gasteiger charge is 2.14. The molecule has 0 bridgehead atoms. The molecule has 0 spiro atoms. The topological polar surface area (TPSA) is 20.3 Å². The number of hydrogen-bond donors (Lipinski definition) is 0. The van der Waals surface area contributed by atoms with Gasteiger partial charge in [0.2, 0.25) is 0 Å². The van der Waals surface area contributed by atoms with E-state index >= 15 is 0 Å². The molecule has 0 saturated carbocycles. The second kappa shape index (κ2) is 6.01. The molecule has 2 aromatic carbocycles. The molecule has 1 unspecified atom stereocenters. The van der Waals surface area contributed by atoms with E-state index in [0.29, 0.717) is 6.54 Å². The number of amides is 1. The summed E-state index contributed by atoms with van der Waals surface area (Å²) >= 11 is 0. The normalized spacial score (nSPS) is 11.8. The Labute approximate surface area is 108 Å². The van der Waals surface area contributed by atoms with E-state index < -0.39 is 0 Å². The van der Waals surface area contributed by atoms with E-state index in [-0.39, 0.29) is 6.04 Å². The Morgan fingerprint density at radius 2 is 1.56 bits per heavy atom. The lowest BCUT2D eigenvalue weighted by Crippen LogP contribution is -2.24. The quantitative estimate of drug-likeness (QED) is 0.732. The van der Waals surface area contributed by atoms with E-state index in [0.717, 1.165) is 11.1 Å². The Balaban J connectivity index is 2.12. The Bertz CT molecular complexity index is 481. The van der Waals surface area contributed by atoms with E-state index in [9.17, 15) is 4.79 Å². The van der Waals surface area contributed by atoms with Crippen LogP contribution in [0.15, 0.2) is 60.7 Å². The van der Waals surface area contributed by atoms with Crippen LogP contribution in [0.25, 0.3) is 0 Å². The largest absolute Gasteiger partial charge is 0.323 e. The van der Waals surface area contributed by atoms with Crippen LogP contribution in [-0.4, -0.2) is 11.3 Å². The van der Waals surface area contributed by atoms with Gasteiger partial charge in [-0.2, -0.15) is 0 Å². The SMILES string of the molecule is CC(c1ccccc1)N([C]=O)Cc1ccccc1. The molecule has 0 N–H and O–H groups in total. The molecule has 2 aromatic rings. The van der Waals surface area contributed by atoms with Crippen LogP contribution < -0.4 is 0 Å². The van der Waals surface area contributed by atoms with Crippen molar-refractivity contribution in [3.05, 3.63) is 71.8 Å². The molecule has 1 amide bonds. The van der Waals surface area contributed by atoms with Gasteiger partial charge in [0.15, 0.2) is 0 Å². The first-order valence-electron chi connectivity index (χ1n) is 6.04. The van der Waals surface area contributed by atoms with Crippen molar-refractivity contribution in [2.45, 2.75) is 19.5 Å². The molecule has 2 rings (SSSR count). The molecule has 18 heavy (non-hydrogen) atoms. The predicted octanol–water partition coefficient (Wildman–Crippen LogP) is 3.32. The van der Waals surface area contributed by atoms with Gasteiger partial charge in [0, 0.05) is 6.54 Å². The standard InChI is InChI=1S/C16H16NO/c1-14(16-10-6-3-7-11-16)17(13-18)12-15-8-4-2-5-9-15/h2-11,14H,12H2,1H3. The minimum absolute atomic E-state index is 0.0314. The van der Waals surface area contributed by atoms with Crippen molar-refractivity contribution in [3.8, 4) is 0 Å². The minimum atomic E-state index is 0.0314. The minimum Gasteiger partial charge on any atom is -0.323 e. The predicted molar refractivity (Wildman–Crippen MR) is 72.5 cm³/mol. The summed E-state index contributed by atoms with van der Waals surface area (Å²) < 4.78 is 0. The fraction of sp³-hybridized carbons (Fsp3) is 0.188. The summed E-state index contributed by atoms with van der Waals surface area (Å²) in [7, 11) is 0. The van der Waals surface area contributed by atoms with Crippen LogP contribution in [0.4, 0.5) is 0 Å². The van der Waals surface area contributed by atoms with Crippen molar-refractivity contribution in [3.63, 3.8) is 0 Å². The van der Waals surface area contributed by atoms with Gasteiger partial charge in [-0.15, -0.1) is 0 Å². The van der Waals surface area contributed by atoms with E-state index in [4.69, 9.17) is 0 Å². The first kappa shape index (κ1) is 12.4. The number of nitrogens with zero attached hydrogens (tertiary/aromatic N) is 1. The second-order valence-electron chi connectivity index (χ2n) is 4.29. The number of carbonyl (C=O) groups excluding carboxylic acids is 1. The number of hydrogen-bond acceptors (Lipinski definition) is 1. The molecule has 0 aliphatic heterocycles. The van der Waals surface area contributed by atoms with E-state index in [2.05, 4.69) is 0 Å². The van der Waals surface area contributed by atoms with Crippen molar-refractivity contribution in [2.24, 2.45) is 0 Å². The van der Waals surface area contributed by atoms with Gasteiger partial charge >= 0.3 is 6.41 Å². The molecule has 91 valence electrons. The molecule has 0 aliphatic rings. The molecule has 0 saturated heterocycles. The monoisotopic (exact) mass is 238 g/mol. The molecule has 0 aromatic heterocycles. The van der Waals surface area contributed by atoms with Crippen molar-refractivity contribution >= 4 is 6.41 Å². The summed E-state index contributed by atoms with van der Waals surface area (Å²) in [6.07, 6.45) is 2.03. The van der Waals surface area contributed by atoms with Crippen molar-refractivity contribution < 1.29 is 4.79 Å². The zero-order chi connectivity index (χ0) is 12.8. The van der Waals surface area contributed by atoms with E-state index in [1.54, 1.807) is 4.90 Å². The first-order valence-corrected chi connectivity index (χ1v) is 6.04. The zero-order valence-corrected chi connectivity index (χ0v) is 10.4. The number of rotatable bonds is 5. The Morgan fingerprint density at radius 1 is 1.00 bits per heavy atom. The third-order valence-electron chi connectivity index (χ3n) is 3.06. The van der Waals surface area contributed by atoms with E-state index in [1.165, 1.54) is 0 Å². The maximum atomic E-state index is 11.1. The maximum Gasteiger partial charge on any atom is 0.312 e. The van der Waals surface area contributed by atoms with Gasteiger partial charge in [0.05, 0.1) is 6.04 Å². The third-order valence-corrected chi connectivity index (χ3v) is 3.06. The zero-order valence-electron chi connectivity index (χ0n) is 10.4. The van der Waals surface area contributed by atoms with Gasteiger partial charge in [-0.3, -0.25) is 4.79 Å². The fourth-order valence-electron chi connectivity index (χ4n) is 1.94. The Hall–Kier alpha value is -2.09. The summed E-state index contributed by atoms with van der Waals surface area (Å²) in [4.78, 5) is 12.8. The number of benzene rings is 2. The molecular weight excluding hydrogens is 222 g/mol. The summed E-state index contributed by atoms with van der Waals surface area (Å²) in [6.45, 7) is 2.60. The van der Waals surface area contributed by atoms with Gasteiger partial charge in [0.1, 0.15) is 0 Å². The molecule has 1 atom stereocenters. The highest BCUT2D eigenvalue weighted by molar-refractivity contribution is 5.50. The summed E-state index contributed by atoms with van der Waals surface area (Å²) in [6, 6.07) is 20.0. The van der Waals surface area contributed by atoms with Crippen LogP contribution in [0.1, 0.15) is 24.1 Å². The van der Waals surface area contributed by atoms with E-state index in [1.807, 2.05) is 74.0 Å². The summed E-state index contributed by atoms with van der Waals surface area (Å²) in [5, 5.41) is 0. The first-order chi connectivity index (χ1) is 8.81. The fourth-order valence-corrected chi connectivity index (χ4v) is 1.94. The van der Waals surface area contributed by atoms with Gasteiger partial charge < -0.3 is 4.90 Å².